The number of carbonyl (C=O) groups is 2. The molecule has 35 heavy (non-hydrogen) atoms. The van der Waals surface area contributed by atoms with E-state index in [1.165, 1.54) is 6.33 Å². The number of rotatable bonds is 15. The minimum atomic E-state index is -0.781. The van der Waals surface area contributed by atoms with Gasteiger partial charge in [-0.15, -0.1) is 20.4 Å². The Kier molecular flexibility index (Phi) is 10.8. The van der Waals surface area contributed by atoms with Crippen molar-refractivity contribution in [2.75, 3.05) is 13.2 Å². The summed E-state index contributed by atoms with van der Waals surface area (Å²) in [6.45, 7) is 8.49. The number of nitrogens with zero attached hydrogens (tertiary/aromatic N) is 5. The van der Waals surface area contributed by atoms with Gasteiger partial charge in [-0.25, -0.2) is 0 Å². The second-order valence-corrected chi connectivity index (χ2v) is 9.29. The van der Waals surface area contributed by atoms with Gasteiger partial charge in [0.2, 0.25) is 17.6 Å². The molecule has 0 spiro atoms. The Balaban J connectivity index is 1.62. The Bertz CT molecular complexity index is 954. The molecule has 11 heteroatoms. The van der Waals surface area contributed by atoms with Crippen molar-refractivity contribution in [3.05, 3.63) is 41.1 Å². The van der Waals surface area contributed by atoms with Crippen LogP contribution in [-0.2, 0) is 20.9 Å². The number of nitrogens with one attached hydrogen (secondary N) is 2. The van der Waals surface area contributed by atoms with Gasteiger partial charge in [-0.05, 0) is 45.6 Å². The van der Waals surface area contributed by atoms with Gasteiger partial charge in [-0.2, -0.15) is 4.91 Å². The maximum absolute atomic E-state index is 12.1. The number of carbonyl (C=O) groups excluding carboxylic acids is 2. The Morgan fingerprint density at radius 1 is 1.00 bits per heavy atom. The molecule has 2 rings (SSSR count). The molecule has 0 aliphatic rings. The quantitative estimate of drug-likeness (QED) is 0.366. The summed E-state index contributed by atoms with van der Waals surface area (Å²) in [5.74, 6) is 0.223. The second kappa shape index (κ2) is 13.5. The van der Waals surface area contributed by atoms with Crippen LogP contribution in [0.1, 0.15) is 65.4 Å². The maximum Gasteiger partial charge on any atom is 0.220 e. The first-order chi connectivity index (χ1) is 16.7. The van der Waals surface area contributed by atoms with E-state index in [2.05, 4.69) is 36.2 Å². The molecular formula is C24H35N7O4. The standard InChI is InChI=1S/C24H35N7O4/c1-5-24(4,35-16-23(2,3)31-34)13-14-25-20(32)7-6-8-21(33)26-15-18-9-11-19(12-10-18)22-29-27-17-28-30-22/h9-12,17H,5-8,13-16H2,1-4H3,(H,25,32)(H,26,33). The highest BCUT2D eigenvalue weighted by Crippen LogP contribution is 2.22. The van der Waals surface area contributed by atoms with Crippen LogP contribution in [0.15, 0.2) is 35.8 Å². The van der Waals surface area contributed by atoms with E-state index >= 15 is 0 Å². The Morgan fingerprint density at radius 2 is 1.63 bits per heavy atom. The smallest absolute Gasteiger partial charge is 0.220 e. The van der Waals surface area contributed by atoms with Gasteiger partial charge in [0.15, 0.2) is 6.33 Å². The van der Waals surface area contributed by atoms with E-state index < -0.39 is 11.1 Å². The van der Waals surface area contributed by atoms with E-state index in [4.69, 9.17) is 4.74 Å². The fourth-order valence-corrected chi connectivity index (χ4v) is 3.07. The van der Waals surface area contributed by atoms with Crippen LogP contribution in [0.5, 0.6) is 0 Å². The SMILES string of the molecule is CCC(C)(CCNC(=O)CCCC(=O)NCc1ccc(-c2nncnn2)cc1)OCC(C)(C)N=O. The number of hydrogen-bond donors (Lipinski definition) is 2. The lowest BCUT2D eigenvalue weighted by Crippen LogP contribution is -2.38. The molecule has 1 heterocycles. The van der Waals surface area contributed by atoms with Gasteiger partial charge < -0.3 is 15.4 Å². The minimum Gasteiger partial charge on any atom is -0.373 e. The van der Waals surface area contributed by atoms with Crippen LogP contribution in [0.3, 0.4) is 0 Å². The molecule has 11 nitrogen and oxygen atoms in total. The number of hydrogen-bond acceptors (Lipinski definition) is 9. The Morgan fingerprint density at radius 3 is 2.23 bits per heavy atom. The third-order valence-corrected chi connectivity index (χ3v) is 5.66. The van der Waals surface area contributed by atoms with E-state index in [1.807, 2.05) is 38.1 Å². The van der Waals surface area contributed by atoms with Crippen LogP contribution in [0, 0.1) is 4.91 Å². The maximum atomic E-state index is 12.1. The van der Waals surface area contributed by atoms with Crippen LogP contribution < -0.4 is 10.6 Å². The van der Waals surface area contributed by atoms with Crippen LogP contribution in [0.2, 0.25) is 0 Å². The lowest BCUT2D eigenvalue weighted by molar-refractivity contribution is -0.122. The molecule has 0 aliphatic carbocycles. The molecule has 0 aliphatic heterocycles. The Hall–Kier alpha value is -3.34. The number of ether oxygens (including phenoxy) is 1. The van der Waals surface area contributed by atoms with Crippen molar-refractivity contribution in [3.63, 3.8) is 0 Å². The fraction of sp³-hybridized carbons (Fsp3) is 0.583. The molecule has 2 aromatic rings. The van der Waals surface area contributed by atoms with Gasteiger partial charge in [-0.3, -0.25) is 9.59 Å². The second-order valence-electron chi connectivity index (χ2n) is 9.29. The van der Waals surface area contributed by atoms with Crippen molar-refractivity contribution < 1.29 is 14.3 Å². The van der Waals surface area contributed by atoms with Crippen LogP contribution in [0.25, 0.3) is 11.4 Å². The summed E-state index contributed by atoms with van der Waals surface area (Å²) in [4.78, 5) is 35.1. The first-order valence-corrected chi connectivity index (χ1v) is 11.8. The highest BCUT2D eigenvalue weighted by molar-refractivity contribution is 5.78. The summed E-state index contributed by atoms with van der Waals surface area (Å²) >= 11 is 0. The molecule has 1 atom stereocenters. The number of benzene rings is 1. The molecule has 2 N–H and O–H groups in total. The van der Waals surface area contributed by atoms with Gasteiger partial charge in [0.25, 0.3) is 0 Å². The highest BCUT2D eigenvalue weighted by Gasteiger charge is 2.28. The normalized spacial score (nSPS) is 13.0. The average molecular weight is 486 g/mol. The van der Waals surface area contributed by atoms with E-state index in [0.717, 1.165) is 17.5 Å². The van der Waals surface area contributed by atoms with Crippen LogP contribution in [-0.4, -0.2) is 56.5 Å². The molecule has 1 aromatic carbocycles. The third-order valence-electron chi connectivity index (χ3n) is 5.66. The fourth-order valence-electron chi connectivity index (χ4n) is 3.07. The van der Waals surface area contributed by atoms with E-state index in [0.29, 0.717) is 31.8 Å². The molecule has 0 saturated heterocycles. The van der Waals surface area contributed by atoms with Gasteiger partial charge in [0.05, 0.1) is 12.2 Å². The van der Waals surface area contributed by atoms with Crippen molar-refractivity contribution in [1.29, 1.82) is 0 Å². The first kappa shape index (κ1) is 27.9. The highest BCUT2D eigenvalue weighted by atomic mass is 16.5. The van der Waals surface area contributed by atoms with Gasteiger partial charge in [-0.1, -0.05) is 36.4 Å². The molecule has 1 unspecified atom stereocenters. The zero-order chi connectivity index (χ0) is 25.7. The number of amides is 2. The lowest BCUT2D eigenvalue weighted by atomic mass is 9.98. The predicted octanol–water partition coefficient (Wildman–Crippen LogP) is 2.96. The zero-order valence-corrected chi connectivity index (χ0v) is 20.9. The molecule has 2 amide bonds. The van der Waals surface area contributed by atoms with E-state index in [-0.39, 0.29) is 31.3 Å². The monoisotopic (exact) mass is 485 g/mol. The molecule has 0 radical (unpaired) electrons. The van der Waals surface area contributed by atoms with Gasteiger partial charge in [0, 0.05) is 31.5 Å². The lowest BCUT2D eigenvalue weighted by Gasteiger charge is -2.31. The van der Waals surface area contributed by atoms with Crippen molar-refractivity contribution in [3.8, 4) is 11.4 Å². The van der Waals surface area contributed by atoms with Crippen molar-refractivity contribution in [2.24, 2.45) is 5.18 Å². The summed E-state index contributed by atoms with van der Waals surface area (Å²) in [6, 6.07) is 7.45. The topological polar surface area (TPSA) is 148 Å². The minimum absolute atomic E-state index is 0.103. The van der Waals surface area contributed by atoms with Gasteiger partial charge in [0.1, 0.15) is 5.54 Å². The van der Waals surface area contributed by atoms with E-state index in [9.17, 15) is 14.5 Å². The van der Waals surface area contributed by atoms with Crippen molar-refractivity contribution in [2.45, 2.75) is 77.5 Å². The van der Waals surface area contributed by atoms with Crippen molar-refractivity contribution >= 4 is 11.8 Å². The first-order valence-electron chi connectivity index (χ1n) is 11.8. The molecule has 0 bridgehead atoms. The zero-order valence-electron chi connectivity index (χ0n) is 20.9. The summed E-state index contributed by atoms with van der Waals surface area (Å²) < 4.78 is 5.91. The summed E-state index contributed by atoms with van der Waals surface area (Å²) in [6.07, 6.45) is 3.63. The van der Waals surface area contributed by atoms with Crippen LogP contribution in [0.4, 0.5) is 0 Å². The summed E-state index contributed by atoms with van der Waals surface area (Å²) in [7, 11) is 0. The molecule has 0 saturated carbocycles. The van der Waals surface area contributed by atoms with Crippen molar-refractivity contribution in [1.82, 2.24) is 31.0 Å². The predicted molar refractivity (Wildman–Crippen MR) is 131 cm³/mol. The Labute approximate surface area is 205 Å². The summed E-state index contributed by atoms with van der Waals surface area (Å²) in [5, 5.41) is 24.0. The molecule has 0 fully saturated rings. The number of nitroso groups, excluding NO2 is 1. The number of aromatic nitrogens is 4. The molecule has 1 aromatic heterocycles. The van der Waals surface area contributed by atoms with E-state index in [1.54, 1.807) is 13.8 Å². The van der Waals surface area contributed by atoms with Crippen LogP contribution >= 0.6 is 0 Å². The van der Waals surface area contributed by atoms with Gasteiger partial charge >= 0.3 is 0 Å². The largest absolute Gasteiger partial charge is 0.373 e. The molecular weight excluding hydrogens is 450 g/mol. The average Bonchev–Trinajstić information content (AvgIpc) is 2.87. The summed E-state index contributed by atoms with van der Waals surface area (Å²) in [5.41, 5.74) is 0.496. The molecule has 190 valence electrons. The third kappa shape index (κ3) is 10.2.